The Morgan fingerprint density at radius 2 is 1.85 bits per heavy atom. The SMILES string of the molecule is COc1cccc2c1C(=O)c1c(O)c3c(c(O)c1C2=O)CC(O)(C(=O)NCCNC=O)CC3O. The molecule has 34 heavy (non-hydrogen) atoms. The van der Waals surface area contributed by atoms with Gasteiger partial charge in [-0.2, -0.15) is 0 Å². The predicted octanol–water partition coefficient (Wildman–Crippen LogP) is -0.545. The van der Waals surface area contributed by atoms with Crippen molar-refractivity contribution in [3.63, 3.8) is 0 Å². The van der Waals surface area contributed by atoms with Crippen LogP contribution >= 0.6 is 0 Å². The van der Waals surface area contributed by atoms with Crippen LogP contribution in [0.4, 0.5) is 0 Å². The monoisotopic (exact) mass is 470 g/mol. The van der Waals surface area contributed by atoms with E-state index in [2.05, 4.69) is 10.6 Å². The lowest BCUT2D eigenvalue weighted by molar-refractivity contribution is -0.144. The van der Waals surface area contributed by atoms with Crippen LogP contribution < -0.4 is 15.4 Å². The highest BCUT2D eigenvalue weighted by Crippen LogP contribution is 2.50. The van der Waals surface area contributed by atoms with Gasteiger partial charge < -0.3 is 35.8 Å². The maximum Gasteiger partial charge on any atom is 0.252 e. The molecule has 2 aromatic rings. The highest BCUT2D eigenvalue weighted by Gasteiger charge is 2.48. The van der Waals surface area contributed by atoms with Gasteiger partial charge in [-0.25, -0.2) is 0 Å². The normalized spacial score (nSPS) is 20.6. The van der Waals surface area contributed by atoms with E-state index < -0.39 is 64.6 Å². The van der Waals surface area contributed by atoms with Crippen molar-refractivity contribution in [2.45, 2.75) is 24.5 Å². The molecule has 0 saturated heterocycles. The summed E-state index contributed by atoms with van der Waals surface area (Å²) in [5.74, 6) is -3.71. The van der Waals surface area contributed by atoms with E-state index in [1.807, 2.05) is 0 Å². The number of aliphatic hydroxyl groups excluding tert-OH is 1. The van der Waals surface area contributed by atoms with Crippen molar-refractivity contribution < 1.29 is 44.3 Å². The van der Waals surface area contributed by atoms with Gasteiger partial charge in [0.05, 0.1) is 29.9 Å². The van der Waals surface area contributed by atoms with Crippen LogP contribution in [0, 0.1) is 0 Å². The summed E-state index contributed by atoms with van der Waals surface area (Å²) in [4.78, 5) is 49.5. The summed E-state index contributed by atoms with van der Waals surface area (Å²) in [6.07, 6.45) is -2.27. The molecule has 2 aliphatic carbocycles. The summed E-state index contributed by atoms with van der Waals surface area (Å²) >= 11 is 0. The first-order valence-corrected chi connectivity index (χ1v) is 10.4. The first-order valence-electron chi connectivity index (χ1n) is 10.4. The molecule has 0 radical (unpaired) electrons. The molecule has 4 rings (SSSR count). The number of phenolic OH excluding ortho intramolecular Hbond substituents is 2. The van der Waals surface area contributed by atoms with E-state index in [1.54, 1.807) is 0 Å². The van der Waals surface area contributed by atoms with Crippen molar-refractivity contribution in [3.05, 3.63) is 51.6 Å². The van der Waals surface area contributed by atoms with Crippen molar-refractivity contribution in [1.29, 1.82) is 0 Å². The number of nitrogens with one attached hydrogen (secondary N) is 2. The fraction of sp³-hybridized carbons (Fsp3) is 0.304. The van der Waals surface area contributed by atoms with Crippen molar-refractivity contribution in [1.82, 2.24) is 10.6 Å². The molecule has 0 spiro atoms. The van der Waals surface area contributed by atoms with E-state index in [-0.39, 0.29) is 41.1 Å². The zero-order chi connectivity index (χ0) is 24.8. The summed E-state index contributed by atoms with van der Waals surface area (Å²) in [6.45, 7) is 0.0966. The molecule has 11 heteroatoms. The van der Waals surface area contributed by atoms with Gasteiger partial charge in [-0.3, -0.25) is 19.2 Å². The minimum absolute atomic E-state index is 0.00411. The molecule has 6 N–H and O–H groups in total. The predicted molar refractivity (Wildman–Crippen MR) is 115 cm³/mol. The standard InChI is InChI=1S/C23H22N2O9/c1-34-13-4-2-3-10-15(13)21(31)17-16(18(10)28)19(29)11-7-23(33,8-12(27)14(11)20(17)30)22(32)25-6-5-24-9-26/h2-4,9,12,27,29-30,33H,5-8H2,1H3,(H,24,26)(H,25,32). The number of methoxy groups -OCH3 is 1. The first kappa shape index (κ1) is 23.2. The second-order valence-corrected chi connectivity index (χ2v) is 8.14. The van der Waals surface area contributed by atoms with Crippen molar-refractivity contribution in [2.75, 3.05) is 20.2 Å². The van der Waals surface area contributed by atoms with E-state index in [4.69, 9.17) is 4.74 Å². The second kappa shape index (κ2) is 8.43. The Bertz CT molecular complexity index is 1240. The van der Waals surface area contributed by atoms with Gasteiger partial charge in [0.1, 0.15) is 22.8 Å². The number of benzene rings is 2. The van der Waals surface area contributed by atoms with Crippen molar-refractivity contribution in [3.8, 4) is 17.2 Å². The van der Waals surface area contributed by atoms with Gasteiger partial charge in [-0.15, -0.1) is 0 Å². The summed E-state index contributed by atoms with van der Waals surface area (Å²) in [5.41, 5.74) is -3.72. The first-order chi connectivity index (χ1) is 16.2. The van der Waals surface area contributed by atoms with Crippen LogP contribution in [0.1, 0.15) is 55.5 Å². The molecule has 2 atom stereocenters. The van der Waals surface area contributed by atoms with Crippen LogP contribution in [-0.2, 0) is 16.0 Å². The Hall–Kier alpha value is -3.96. The molecule has 0 aliphatic heterocycles. The molecule has 0 saturated carbocycles. The fourth-order valence-electron chi connectivity index (χ4n) is 4.59. The lowest BCUT2D eigenvalue weighted by Crippen LogP contribution is -2.52. The van der Waals surface area contributed by atoms with Gasteiger partial charge in [0.15, 0.2) is 5.78 Å². The Balaban J connectivity index is 1.81. The molecule has 11 nitrogen and oxygen atoms in total. The molecule has 2 amide bonds. The lowest BCUT2D eigenvalue weighted by Gasteiger charge is -2.37. The minimum atomic E-state index is -2.19. The number of fused-ring (bicyclic) bond motifs is 3. The molecule has 0 fully saturated rings. The number of carbonyl (C=O) groups excluding carboxylic acids is 4. The summed E-state index contributed by atoms with van der Waals surface area (Å²) in [5, 5.41) is 48.4. The van der Waals surface area contributed by atoms with Crippen LogP contribution in [0.15, 0.2) is 18.2 Å². The van der Waals surface area contributed by atoms with Gasteiger partial charge in [-0.1, -0.05) is 12.1 Å². The topological polar surface area (TPSA) is 182 Å². The second-order valence-electron chi connectivity index (χ2n) is 8.14. The molecular formula is C23H22N2O9. The van der Waals surface area contributed by atoms with Crippen molar-refractivity contribution >= 4 is 23.9 Å². The molecule has 0 aromatic heterocycles. The third-order valence-electron chi connectivity index (χ3n) is 6.16. The van der Waals surface area contributed by atoms with Crippen LogP contribution in [-0.4, -0.2) is 70.1 Å². The zero-order valence-corrected chi connectivity index (χ0v) is 18.0. The van der Waals surface area contributed by atoms with E-state index in [0.717, 1.165) is 0 Å². The number of amides is 2. The molecular weight excluding hydrogens is 448 g/mol. The number of phenols is 2. The molecule has 0 heterocycles. The minimum Gasteiger partial charge on any atom is -0.507 e. The van der Waals surface area contributed by atoms with E-state index in [9.17, 15) is 39.6 Å². The number of carbonyl (C=O) groups is 4. The number of ketones is 2. The van der Waals surface area contributed by atoms with Gasteiger partial charge in [-0.05, 0) is 6.07 Å². The third kappa shape index (κ3) is 3.37. The van der Waals surface area contributed by atoms with E-state index >= 15 is 0 Å². The molecule has 0 bridgehead atoms. The number of hydrogen-bond donors (Lipinski definition) is 6. The average molecular weight is 470 g/mol. The highest BCUT2D eigenvalue weighted by atomic mass is 16.5. The van der Waals surface area contributed by atoms with E-state index in [1.165, 1.54) is 25.3 Å². The number of ether oxygens (including phenoxy) is 1. The van der Waals surface area contributed by atoms with Gasteiger partial charge in [0, 0.05) is 42.6 Å². The van der Waals surface area contributed by atoms with Crippen LogP contribution in [0.5, 0.6) is 17.2 Å². The zero-order valence-electron chi connectivity index (χ0n) is 18.0. The summed E-state index contributed by atoms with van der Waals surface area (Å²) in [7, 11) is 1.32. The van der Waals surface area contributed by atoms with Crippen LogP contribution in [0.2, 0.25) is 0 Å². The molecule has 2 aromatic carbocycles. The number of aromatic hydroxyl groups is 2. The number of rotatable bonds is 6. The van der Waals surface area contributed by atoms with Gasteiger partial charge in [0.2, 0.25) is 12.2 Å². The Labute approximate surface area is 193 Å². The fourth-order valence-corrected chi connectivity index (χ4v) is 4.59. The quantitative estimate of drug-likeness (QED) is 0.156. The van der Waals surface area contributed by atoms with Gasteiger partial charge >= 0.3 is 0 Å². The maximum atomic E-state index is 13.3. The number of aliphatic hydroxyl groups is 2. The van der Waals surface area contributed by atoms with E-state index in [0.29, 0.717) is 6.41 Å². The third-order valence-corrected chi connectivity index (χ3v) is 6.16. The summed E-state index contributed by atoms with van der Waals surface area (Å²) in [6, 6.07) is 4.35. The summed E-state index contributed by atoms with van der Waals surface area (Å²) < 4.78 is 5.18. The van der Waals surface area contributed by atoms with Crippen LogP contribution in [0.25, 0.3) is 0 Å². The molecule has 178 valence electrons. The highest BCUT2D eigenvalue weighted by molar-refractivity contribution is 6.31. The Morgan fingerprint density at radius 1 is 1.15 bits per heavy atom. The lowest BCUT2D eigenvalue weighted by atomic mass is 9.72. The smallest absolute Gasteiger partial charge is 0.252 e. The molecule has 2 aliphatic rings. The molecule has 2 unspecified atom stereocenters. The van der Waals surface area contributed by atoms with Crippen LogP contribution in [0.3, 0.4) is 0 Å². The Kier molecular flexibility index (Phi) is 5.75. The average Bonchev–Trinajstić information content (AvgIpc) is 2.81. The van der Waals surface area contributed by atoms with Crippen molar-refractivity contribution in [2.24, 2.45) is 0 Å². The maximum absolute atomic E-state index is 13.3. The largest absolute Gasteiger partial charge is 0.507 e. The Morgan fingerprint density at radius 3 is 2.53 bits per heavy atom. The number of hydrogen-bond acceptors (Lipinski definition) is 9. The van der Waals surface area contributed by atoms with Gasteiger partial charge in [0.25, 0.3) is 5.91 Å².